The van der Waals surface area contributed by atoms with Crippen LogP contribution in [0.3, 0.4) is 0 Å². The molecule has 0 saturated heterocycles. The largest absolute Gasteiger partial charge is 0.305 e. The van der Waals surface area contributed by atoms with Gasteiger partial charge in [0, 0.05) is 6.54 Å². The first-order valence-electron chi connectivity index (χ1n) is 7.29. The molecule has 0 bridgehead atoms. The summed E-state index contributed by atoms with van der Waals surface area (Å²) in [5, 5.41) is 8.36. The van der Waals surface area contributed by atoms with Crippen LogP contribution >= 0.6 is 11.6 Å². The van der Waals surface area contributed by atoms with Crippen LogP contribution < -0.4 is 5.32 Å². The Kier molecular flexibility index (Phi) is 5.37. The van der Waals surface area contributed by atoms with Crippen molar-refractivity contribution < 1.29 is 4.39 Å². The van der Waals surface area contributed by atoms with Gasteiger partial charge in [-0.2, -0.15) is 5.10 Å². The molecule has 5 heteroatoms. The highest BCUT2D eigenvalue weighted by molar-refractivity contribution is 6.31. The van der Waals surface area contributed by atoms with E-state index in [0.717, 1.165) is 36.3 Å². The molecule has 0 aliphatic carbocycles. The average Bonchev–Trinajstić information content (AvgIpc) is 2.84. The number of rotatable bonds is 6. The highest BCUT2D eigenvalue weighted by Crippen LogP contribution is 2.30. The minimum atomic E-state index is -0.238. The van der Waals surface area contributed by atoms with Gasteiger partial charge in [0.05, 0.1) is 23.0 Å². The molecule has 1 heterocycles. The van der Waals surface area contributed by atoms with Crippen molar-refractivity contribution in [1.82, 2.24) is 15.1 Å². The van der Waals surface area contributed by atoms with Crippen LogP contribution in [-0.4, -0.2) is 16.3 Å². The molecule has 3 nitrogen and oxygen atoms in total. The van der Waals surface area contributed by atoms with E-state index < -0.39 is 0 Å². The molecule has 0 aliphatic heterocycles. The molecule has 2 rings (SSSR count). The van der Waals surface area contributed by atoms with Crippen molar-refractivity contribution in [2.24, 2.45) is 0 Å². The third-order valence-electron chi connectivity index (χ3n) is 3.56. The zero-order chi connectivity index (χ0) is 15.4. The minimum absolute atomic E-state index is 0.157. The van der Waals surface area contributed by atoms with Gasteiger partial charge < -0.3 is 5.32 Å². The van der Waals surface area contributed by atoms with Crippen LogP contribution in [0.25, 0.3) is 0 Å². The molecule has 0 radical (unpaired) electrons. The molecule has 114 valence electrons. The molecule has 0 fully saturated rings. The maximum atomic E-state index is 13.7. The van der Waals surface area contributed by atoms with E-state index in [4.69, 9.17) is 11.6 Å². The Bertz CT molecular complexity index is 610. The molecule has 0 spiro atoms. The molecule has 0 saturated carbocycles. The van der Waals surface area contributed by atoms with Gasteiger partial charge in [0.25, 0.3) is 0 Å². The number of halogens is 2. The van der Waals surface area contributed by atoms with Crippen molar-refractivity contribution in [3.05, 3.63) is 52.1 Å². The van der Waals surface area contributed by atoms with Crippen LogP contribution in [0.5, 0.6) is 0 Å². The molecule has 1 unspecified atom stereocenters. The Morgan fingerprint density at radius 2 is 2.14 bits per heavy atom. The number of hydrogen-bond acceptors (Lipinski definition) is 2. The summed E-state index contributed by atoms with van der Waals surface area (Å²) < 4.78 is 15.5. The first-order valence-corrected chi connectivity index (χ1v) is 7.66. The predicted octanol–water partition coefficient (Wildman–Crippen LogP) is 4.09. The highest BCUT2D eigenvalue weighted by Gasteiger charge is 2.23. The van der Waals surface area contributed by atoms with Crippen molar-refractivity contribution in [1.29, 1.82) is 0 Å². The van der Waals surface area contributed by atoms with Crippen LogP contribution in [0.15, 0.2) is 24.4 Å². The molecule has 21 heavy (non-hydrogen) atoms. The molecule has 1 aromatic carbocycles. The van der Waals surface area contributed by atoms with Crippen molar-refractivity contribution in [2.75, 3.05) is 6.54 Å². The van der Waals surface area contributed by atoms with Crippen molar-refractivity contribution in [3.8, 4) is 0 Å². The zero-order valence-electron chi connectivity index (χ0n) is 12.7. The van der Waals surface area contributed by atoms with E-state index in [0.29, 0.717) is 5.02 Å². The lowest BCUT2D eigenvalue weighted by Crippen LogP contribution is -2.27. The summed E-state index contributed by atoms with van der Waals surface area (Å²) in [5.74, 6) is -0.238. The van der Waals surface area contributed by atoms with Crippen LogP contribution in [-0.2, 0) is 6.54 Å². The van der Waals surface area contributed by atoms with Gasteiger partial charge in [-0.3, -0.25) is 4.68 Å². The van der Waals surface area contributed by atoms with E-state index >= 15 is 0 Å². The quantitative estimate of drug-likeness (QED) is 0.871. The Morgan fingerprint density at radius 1 is 1.38 bits per heavy atom. The van der Waals surface area contributed by atoms with Crippen LogP contribution in [0, 0.1) is 12.7 Å². The first-order chi connectivity index (χ1) is 10.1. The van der Waals surface area contributed by atoms with Gasteiger partial charge in [-0.05, 0) is 50.1 Å². The van der Waals surface area contributed by atoms with E-state index in [2.05, 4.69) is 17.3 Å². The third-order valence-corrected chi connectivity index (χ3v) is 3.85. The summed E-state index contributed by atoms with van der Waals surface area (Å²) in [5.41, 5.74) is 2.83. The topological polar surface area (TPSA) is 29.9 Å². The Balaban J connectivity index is 2.52. The van der Waals surface area contributed by atoms with Gasteiger partial charge in [0.1, 0.15) is 5.82 Å². The van der Waals surface area contributed by atoms with Gasteiger partial charge in [0.2, 0.25) is 0 Å². The lowest BCUT2D eigenvalue weighted by molar-refractivity contribution is 0.525. The number of nitrogens with one attached hydrogen (secondary N) is 1. The maximum Gasteiger partial charge on any atom is 0.123 e. The van der Waals surface area contributed by atoms with Gasteiger partial charge in [-0.1, -0.05) is 24.6 Å². The fourth-order valence-electron chi connectivity index (χ4n) is 2.48. The summed E-state index contributed by atoms with van der Waals surface area (Å²) >= 11 is 6.32. The SMILES string of the molecule is CCCNC(c1cc(F)ccc1C)c1c(Cl)cnn1CC. The van der Waals surface area contributed by atoms with E-state index in [1.165, 1.54) is 6.07 Å². The zero-order valence-corrected chi connectivity index (χ0v) is 13.4. The second-order valence-corrected chi connectivity index (χ2v) is 5.49. The number of aromatic nitrogens is 2. The minimum Gasteiger partial charge on any atom is -0.305 e. The second-order valence-electron chi connectivity index (χ2n) is 5.08. The molecular weight excluding hydrogens is 289 g/mol. The smallest absolute Gasteiger partial charge is 0.123 e. The number of aryl methyl sites for hydroxylation is 2. The van der Waals surface area contributed by atoms with Gasteiger partial charge in [-0.15, -0.1) is 0 Å². The molecule has 1 N–H and O–H groups in total. The number of nitrogens with zero attached hydrogens (tertiary/aromatic N) is 2. The van der Waals surface area contributed by atoms with Gasteiger partial charge >= 0.3 is 0 Å². The number of benzene rings is 1. The molecule has 2 aromatic rings. The maximum absolute atomic E-state index is 13.7. The lowest BCUT2D eigenvalue weighted by Gasteiger charge is -2.22. The summed E-state index contributed by atoms with van der Waals surface area (Å²) in [6.45, 7) is 7.64. The van der Waals surface area contributed by atoms with Crippen LogP contribution in [0.1, 0.15) is 43.1 Å². The summed E-state index contributed by atoms with van der Waals surface area (Å²) in [6.07, 6.45) is 2.64. The molecule has 0 aliphatic rings. The Hall–Kier alpha value is -1.39. The normalized spacial score (nSPS) is 12.6. The van der Waals surface area contributed by atoms with Gasteiger partial charge in [-0.25, -0.2) is 4.39 Å². The fraction of sp³-hybridized carbons (Fsp3) is 0.438. The summed E-state index contributed by atoms with van der Waals surface area (Å²) in [7, 11) is 0. The molecule has 0 amide bonds. The standard InChI is InChI=1S/C16H21ClFN3/c1-4-8-19-15(13-9-12(18)7-6-11(13)3)16-14(17)10-20-21(16)5-2/h6-7,9-10,15,19H,4-5,8H2,1-3H3. The van der Waals surface area contributed by atoms with Gasteiger partial charge in [0.15, 0.2) is 0 Å². The predicted molar refractivity (Wildman–Crippen MR) is 84.2 cm³/mol. The van der Waals surface area contributed by atoms with Crippen LogP contribution in [0.4, 0.5) is 4.39 Å². The Labute approximate surface area is 130 Å². The third kappa shape index (κ3) is 3.44. The highest BCUT2D eigenvalue weighted by atomic mass is 35.5. The monoisotopic (exact) mass is 309 g/mol. The molecule has 1 atom stereocenters. The first kappa shape index (κ1) is 16.0. The molecule has 1 aromatic heterocycles. The summed E-state index contributed by atoms with van der Waals surface area (Å²) in [6, 6.07) is 4.70. The summed E-state index contributed by atoms with van der Waals surface area (Å²) in [4.78, 5) is 0. The second kappa shape index (κ2) is 7.05. The average molecular weight is 310 g/mol. The van der Waals surface area contributed by atoms with Crippen LogP contribution in [0.2, 0.25) is 5.02 Å². The van der Waals surface area contributed by atoms with E-state index in [1.807, 2.05) is 18.5 Å². The van der Waals surface area contributed by atoms with Crippen molar-refractivity contribution in [2.45, 2.75) is 39.8 Å². The van der Waals surface area contributed by atoms with Crippen molar-refractivity contribution in [3.63, 3.8) is 0 Å². The molecular formula is C16H21ClFN3. The lowest BCUT2D eigenvalue weighted by atomic mass is 9.98. The van der Waals surface area contributed by atoms with E-state index in [9.17, 15) is 4.39 Å². The number of hydrogen-bond donors (Lipinski definition) is 1. The van der Waals surface area contributed by atoms with E-state index in [1.54, 1.807) is 18.3 Å². The fourth-order valence-corrected chi connectivity index (χ4v) is 2.73. The van der Waals surface area contributed by atoms with E-state index in [-0.39, 0.29) is 11.9 Å². The Morgan fingerprint density at radius 3 is 2.81 bits per heavy atom. The van der Waals surface area contributed by atoms with Crippen molar-refractivity contribution >= 4 is 11.6 Å².